The zero-order valence-electron chi connectivity index (χ0n) is 15.1. The van der Waals surface area contributed by atoms with Crippen molar-refractivity contribution in [2.24, 2.45) is 10.9 Å². The number of hydrogen-bond acceptors (Lipinski definition) is 4. The Hall–Kier alpha value is -0.120. The summed E-state index contributed by atoms with van der Waals surface area (Å²) in [5, 5.41) is 10.0. The highest BCUT2D eigenvalue weighted by molar-refractivity contribution is 14.0. The summed E-state index contributed by atoms with van der Waals surface area (Å²) in [6.07, 6.45) is 2.12. The van der Waals surface area contributed by atoms with E-state index >= 15 is 0 Å². The topological polar surface area (TPSA) is 66.9 Å². The molecule has 7 heteroatoms. The van der Waals surface area contributed by atoms with Crippen LogP contribution >= 0.6 is 24.0 Å². The molecule has 0 aromatic rings. The van der Waals surface area contributed by atoms with Crippen molar-refractivity contribution in [3.63, 3.8) is 0 Å². The number of aliphatic imine (C=N–C) groups is 1. The van der Waals surface area contributed by atoms with Crippen molar-refractivity contribution in [2.45, 2.75) is 39.2 Å². The molecule has 0 amide bonds. The molecular formula is C16H35IN4O2. The minimum atomic E-state index is 0. The van der Waals surface area contributed by atoms with E-state index in [0.717, 1.165) is 64.9 Å². The van der Waals surface area contributed by atoms with E-state index in [1.165, 1.54) is 0 Å². The molecule has 1 fully saturated rings. The largest absolute Gasteiger partial charge is 0.381 e. The summed E-state index contributed by atoms with van der Waals surface area (Å²) in [7, 11) is 1.79. The lowest BCUT2D eigenvalue weighted by Crippen LogP contribution is -2.44. The van der Waals surface area contributed by atoms with Crippen molar-refractivity contribution >= 4 is 29.9 Å². The van der Waals surface area contributed by atoms with Gasteiger partial charge in [-0.3, -0.25) is 4.99 Å². The van der Waals surface area contributed by atoms with Crippen LogP contribution in [0.15, 0.2) is 4.99 Å². The minimum Gasteiger partial charge on any atom is -0.381 e. The van der Waals surface area contributed by atoms with Gasteiger partial charge in [0.05, 0.1) is 13.2 Å². The maximum absolute atomic E-state index is 5.68. The molecule has 0 saturated carbocycles. The molecule has 1 heterocycles. The fourth-order valence-electron chi connectivity index (χ4n) is 2.18. The number of ether oxygens (including phenoxy) is 2. The highest BCUT2D eigenvalue weighted by atomic mass is 127. The molecule has 1 rings (SSSR count). The standard InChI is InChI=1S/C16H34N4O2.HI/c1-16(2,3)20-9-8-19-15(17-4)18-7-5-10-21-12-14-6-11-22-13-14;/h14,20H,5-13H2,1-4H3,(H2,17,18,19);1H. The molecule has 138 valence electrons. The Morgan fingerprint density at radius 1 is 1.22 bits per heavy atom. The lowest BCUT2D eigenvalue weighted by molar-refractivity contribution is 0.0888. The van der Waals surface area contributed by atoms with Gasteiger partial charge in [-0.05, 0) is 33.6 Å². The Bertz CT molecular complexity index is 316. The van der Waals surface area contributed by atoms with E-state index < -0.39 is 0 Å². The molecule has 6 nitrogen and oxygen atoms in total. The Balaban J connectivity index is 0.00000484. The van der Waals surface area contributed by atoms with E-state index in [0.29, 0.717) is 5.92 Å². The summed E-state index contributed by atoms with van der Waals surface area (Å²) in [6, 6.07) is 0. The first-order chi connectivity index (χ1) is 10.5. The van der Waals surface area contributed by atoms with E-state index in [-0.39, 0.29) is 29.5 Å². The molecule has 0 radical (unpaired) electrons. The smallest absolute Gasteiger partial charge is 0.191 e. The van der Waals surface area contributed by atoms with Gasteiger partial charge in [-0.1, -0.05) is 0 Å². The zero-order valence-corrected chi connectivity index (χ0v) is 17.4. The maximum Gasteiger partial charge on any atom is 0.191 e. The van der Waals surface area contributed by atoms with Crippen molar-refractivity contribution in [3.05, 3.63) is 0 Å². The van der Waals surface area contributed by atoms with Gasteiger partial charge in [-0.25, -0.2) is 0 Å². The van der Waals surface area contributed by atoms with Gasteiger partial charge in [0, 0.05) is 51.4 Å². The first-order valence-electron chi connectivity index (χ1n) is 8.36. The summed E-state index contributed by atoms with van der Waals surface area (Å²) in [4.78, 5) is 4.21. The number of halogens is 1. The van der Waals surface area contributed by atoms with Crippen LogP contribution in [0.2, 0.25) is 0 Å². The summed E-state index contributed by atoms with van der Waals surface area (Å²) < 4.78 is 11.0. The zero-order chi connectivity index (χ0) is 16.3. The molecule has 0 aromatic carbocycles. The highest BCUT2D eigenvalue weighted by Gasteiger charge is 2.15. The van der Waals surface area contributed by atoms with Crippen molar-refractivity contribution in [2.75, 3.05) is 53.1 Å². The summed E-state index contributed by atoms with van der Waals surface area (Å²) in [5.41, 5.74) is 0.153. The van der Waals surface area contributed by atoms with Crippen molar-refractivity contribution in [1.29, 1.82) is 0 Å². The molecule has 1 saturated heterocycles. The average molecular weight is 442 g/mol. The van der Waals surface area contributed by atoms with E-state index in [4.69, 9.17) is 9.47 Å². The lowest BCUT2D eigenvalue weighted by Gasteiger charge is -2.21. The lowest BCUT2D eigenvalue weighted by atomic mass is 10.1. The van der Waals surface area contributed by atoms with Gasteiger partial charge in [0.1, 0.15) is 0 Å². The molecule has 1 aliphatic rings. The highest BCUT2D eigenvalue weighted by Crippen LogP contribution is 2.12. The summed E-state index contributed by atoms with van der Waals surface area (Å²) in [5.74, 6) is 1.44. The second-order valence-corrected chi connectivity index (χ2v) is 6.76. The minimum absolute atomic E-state index is 0. The summed E-state index contributed by atoms with van der Waals surface area (Å²) in [6.45, 7) is 12.5. The normalized spacial score (nSPS) is 18.6. The van der Waals surface area contributed by atoms with Gasteiger partial charge >= 0.3 is 0 Å². The number of hydrogen-bond donors (Lipinski definition) is 3. The first kappa shape index (κ1) is 22.9. The average Bonchev–Trinajstić information content (AvgIpc) is 2.97. The monoisotopic (exact) mass is 442 g/mol. The molecule has 0 aliphatic carbocycles. The third kappa shape index (κ3) is 12.9. The van der Waals surface area contributed by atoms with E-state index in [1.54, 1.807) is 7.05 Å². The SMILES string of the molecule is CN=C(NCCCOCC1CCOC1)NCCNC(C)(C)C.I. The molecule has 0 bridgehead atoms. The van der Waals surface area contributed by atoms with Crippen LogP contribution in [-0.4, -0.2) is 64.6 Å². The number of nitrogens with zero attached hydrogens (tertiary/aromatic N) is 1. The van der Waals surface area contributed by atoms with Crippen LogP contribution in [0, 0.1) is 5.92 Å². The van der Waals surface area contributed by atoms with Gasteiger partial charge in [0.25, 0.3) is 0 Å². The second-order valence-electron chi connectivity index (χ2n) is 6.76. The van der Waals surface area contributed by atoms with Crippen molar-refractivity contribution < 1.29 is 9.47 Å². The Labute approximate surface area is 158 Å². The third-order valence-electron chi connectivity index (χ3n) is 3.43. The Morgan fingerprint density at radius 2 is 1.96 bits per heavy atom. The third-order valence-corrected chi connectivity index (χ3v) is 3.43. The van der Waals surface area contributed by atoms with Gasteiger partial charge in [-0.15, -0.1) is 24.0 Å². The van der Waals surface area contributed by atoms with Gasteiger partial charge in [0.2, 0.25) is 0 Å². The van der Waals surface area contributed by atoms with Crippen molar-refractivity contribution in [3.8, 4) is 0 Å². The van der Waals surface area contributed by atoms with Gasteiger partial charge in [-0.2, -0.15) is 0 Å². The molecule has 0 spiro atoms. The summed E-state index contributed by atoms with van der Waals surface area (Å²) >= 11 is 0. The van der Waals surface area contributed by atoms with E-state index in [9.17, 15) is 0 Å². The predicted molar refractivity (Wildman–Crippen MR) is 107 cm³/mol. The fourth-order valence-corrected chi connectivity index (χ4v) is 2.18. The number of nitrogens with one attached hydrogen (secondary N) is 3. The van der Waals surface area contributed by atoms with E-state index in [1.807, 2.05) is 0 Å². The van der Waals surface area contributed by atoms with Gasteiger partial charge < -0.3 is 25.4 Å². The van der Waals surface area contributed by atoms with Crippen LogP contribution in [0.1, 0.15) is 33.6 Å². The molecule has 1 aliphatic heterocycles. The van der Waals surface area contributed by atoms with Crippen molar-refractivity contribution in [1.82, 2.24) is 16.0 Å². The fraction of sp³-hybridized carbons (Fsp3) is 0.938. The van der Waals surface area contributed by atoms with Crippen LogP contribution < -0.4 is 16.0 Å². The first-order valence-corrected chi connectivity index (χ1v) is 8.36. The van der Waals surface area contributed by atoms with Crippen LogP contribution in [0.25, 0.3) is 0 Å². The second kappa shape index (κ2) is 13.2. The molecule has 3 N–H and O–H groups in total. The molecular weight excluding hydrogens is 407 g/mol. The molecule has 23 heavy (non-hydrogen) atoms. The molecule has 1 unspecified atom stereocenters. The van der Waals surface area contributed by atoms with Crippen LogP contribution in [0.4, 0.5) is 0 Å². The van der Waals surface area contributed by atoms with E-state index in [2.05, 4.69) is 41.7 Å². The number of rotatable bonds is 9. The van der Waals surface area contributed by atoms with Crippen LogP contribution in [0.3, 0.4) is 0 Å². The Morgan fingerprint density at radius 3 is 2.57 bits per heavy atom. The molecule has 0 aromatic heterocycles. The van der Waals surface area contributed by atoms with Gasteiger partial charge in [0.15, 0.2) is 5.96 Å². The number of guanidine groups is 1. The quantitative estimate of drug-likeness (QED) is 0.219. The molecule has 1 atom stereocenters. The van der Waals surface area contributed by atoms with Crippen LogP contribution in [-0.2, 0) is 9.47 Å². The Kier molecular flexibility index (Phi) is 13.1. The predicted octanol–water partition coefficient (Wildman–Crippen LogP) is 1.60. The van der Waals surface area contributed by atoms with Crippen LogP contribution in [0.5, 0.6) is 0 Å². The maximum atomic E-state index is 5.68.